The lowest BCUT2D eigenvalue weighted by Gasteiger charge is -1.62. The van der Waals surface area contributed by atoms with Crippen LogP contribution in [0.4, 0.5) is 0 Å². The zero-order valence-corrected chi connectivity index (χ0v) is 4.47. The number of oxazole rings is 1. The van der Waals surface area contributed by atoms with Gasteiger partial charge in [-0.25, -0.2) is 4.79 Å². The number of nitrogens with one attached hydrogen (secondary N) is 2. The molecule has 4 nitrogen and oxygen atoms in total. The van der Waals surface area contributed by atoms with Gasteiger partial charge < -0.3 is 9.40 Å². The zero-order chi connectivity index (χ0) is 6.27. The van der Waals surface area contributed by atoms with Crippen LogP contribution in [-0.2, 0) is 0 Å². The molecule has 0 amide bonds. The molecule has 0 atom stereocenters. The van der Waals surface area contributed by atoms with E-state index < -0.39 is 5.76 Å². The molecule has 9 heavy (non-hydrogen) atoms. The van der Waals surface area contributed by atoms with Gasteiger partial charge in [-0.15, -0.1) is 0 Å². The molecular weight excluding hydrogens is 120 g/mol. The second-order valence-corrected chi connectivity index (χ2v) is 1.75. The third-order valence-corrected chi connectivity index (χ3v) is 1.15. The van der Waals surface area contributed by atoms with Gasteiger partial charge in [-0.2, -0.15) is 0 Å². The van der Waals surface area contributed by atoms with Crippen LogP contribution < -0.4 is 5.76 Å². The quantitative estimate of drug-likeness (QED) is 0.535. The summed E-state index contributed by atoms with van der Waals surface area (Å²) in [5.74, 6) is -0.408. The van der Waals surface area contributed by atoms with Gasteiger partial charge in [-0.05, 0) is 0 Å². The summed E-state index contributed by atoms with van der Waals surface area (Å²) in [5.41, 5.74) is 1.28. The van der Waals surface area contributed by atoms with Gasteiger partial charge in [0.25, 0.3) is 0 Å². The summed E-state index contributed by atoms with van der Waals surface area (Å²) < 4.78 is 4.67. The SMILES string of the molecule is O=c1[nH]c2c[nH]cc2o1. The van der Waals surface area contributed by atoms with Crippen LogP contribution in [0.1, 0.15) is 0 Å². The molecule has 0 unspecified atom stereocenters. The monoisotopic (exact) mass is 124 g/mol. The largest absolute Gasteiger partial charge is 0.417 e. The maximum atomic E-state index is 10.4. The van der Waals surface area contributed by atoms with Crippen molar-refractivity contribution in [3.8, 4) is 0 Å². The second kappa shape index (κ2) is 1.28. The maximum absolute atomic E-state index is 10.4. The standard InChI is InChI=1S/C5H4N2O2/c8-5-7-3-1-6-2-4(3)9-5/h1-2,6H,(H,7,8). The van der Waals surface area contributed by atoms with Crippen molar-refractivity contribution in [2.24, 2.45) is 0 Å². The van der Waals surface area contributed by atoms with Gasteiger partial charge in [0.05, 0.1) is 0 Å². The number of hydrogen-bond donors (Lipinski definition) is 2. The van der Waals surface area contributed by atoms with Gasteiger partial charge in [0.15, 0.2) is 5.58 Å². The molecular formula is C5H4N2O2. The van der Waals surface area contributed by atoms with E-state index in [2.05, 4.69) is 14.4 Å². The van der Waals surface area contributed by atoms with Crippen molar-refractivity contribution >= 4 is 11.1 Å². The van der Waals surface area contributed by atoms with Gasteiger partial charge in [0.1, 0.15) is 5.52 Å². The smallest absolute Gasteiger partial charge is 0.406 e. The van der Waals surface area contributed by atoms with Crippen molar-refractivity contribution in [2.75, 3.05) is 0 Å². The summed E-state index contributed by atoms with van der Waals surface area (Å²) in [4.78, 5) is 15.7. The molecule has 0 spiro atoms. The van der Waals surface area contributed by atoms with Gasteiger partial charge in [0, 0.05) is 12.4 Å². The zero-order valence-electron chi connectivity index (χ0n) is 4.47. The highest BCUT2D eigenvalue weighted by atomic mass is 16.4. The average Bonchev–Trinajstić information content (AvgIpc) is 2.22. The first-order chi connectivity index (χ1) is 4.36. The lowest BCUT2D eigenvalue weighted by atomic mass is 10.6. The third-order valence-electron chi connectivity index (χ3n) is 1.15. The fraction of sp³-hybridized carbons (Fsp3) is 0. The van der Waals surface area contributed by atoms with Crippen LogP contribution in [-0.4, -0.2) is 9.97 Å². The highest BCUT2D eigenvalue weighted by molar-refractivity contribution is 5.70. The first-order valence-electron chi connectivity index (χ1n) is 2.52. The van der Waals surface area contributed by atoms with E-state index >= 15 is 0 Å². The lowest BCUT2D eigenvalue weighted by molar-refractivity contribution is 0.554. The molecule has 4 heteroatoms. The molecule has 0 fully saturated rings. The number of rotatable bonds is 0. The predicted octanol–water partition coefficient (Wildman–Crippen LogP) is 0.449. The van der Waals surface area contributed by atoms with E-state index in [1.54, 1.807) is 12.4 Å². The fourth-order valence-electron chi connectivity index (χ4n) is 0.767. The molecule has 0 radical (unpaired) electrons. The van der Waals surface area contributed by atoms with Crippen molar-refractivity contribution in [3.05, 3.63) is 22.9 Å². The Labute approximate surface area is 49.5 Å². The average molecular weight is 124 g/mol. The van der Waals surface area contributed by atoms with Crippen LogP contribution in [0.2, 0.25) is 0 Å². The Morgan fingerprint density at radius 2 is 2.33 bits per heavy atom. The van der Waals surface area contributed by atoms with Crippen LogP contribution in [0.3, 0.4) is 0 Å². The van der Waals surface area contributed by atoms with Crippen LogP contribution in [0.15, 0.2) is 21.6 Å². The predicted molar refractivity (Wildman–Crippen MR) is 31.2 cm³/mol. The minimum absolute atomic E-state index is 0.408. The van der Waals surface area contributed by atoms with Crippen LogP contribution >= 0.6 is 0 Å². The molecule has 0 aromatic carbocycles. The molecule has 0 bridgehead atoms. The minimum Gasteiger partial charge on any atom is -0.406 e. The van der Waals surface area contributed by atoms with E-state index in [1.807, 2.05) is 0 Å². The molecule has 2 rings (SSSR count). The van der Waals surface area contributed by atoms with E-state index in [4.69, 9.17) is 0 Å². The van der Waals surface area contributed by atoms with Crippen molar-refractivity contribution in [2.45, 2.75) is 0 Å². The number of aromatic nitrogens is 2. The third kappa shape index (κ3) is 0.495. The summed E-state index contributed by atoms with van der Waals surface area (Å²) in [6, 6.07) is 0. The van der Waals surface area contributed by atoms with Gasteiger partial charge in [0.2, 0.25) is 0 Å². The van der Waals surface area contributed by atoms with Crippen LogP contribution in [0.5, 0.6) is 0 Å². The first kappa shape index (κ1) is 4.43. The van der Waals surface area contributed by atoms with Crippen LogP contribution in [0.25, 0.3) is 11.1 Å². The van der Waals surface area contributed by atoms with E-state index in [9.17, 15) is 4.79 Å². The summed E-state index contributed by atoms with van der Waals surface area (Å²) in [6.45, 7) is 0. The van der Waals surface area contributed by atoms with E-state index in [0.29, 0.717) is 11.1 Å². The summed E-state index contributed by atoms with van der Waals surface area (Å²) in [6.07, 6.45) is 3.29. The molecule has 2 N–H and O–H groups in total. The number of H-pyrrole nitrogens is 2. The fourth-order valence-corrected chi connectivity index (χ4v) is 0.767. The number of aromatic amines is 2. The molecule has 0 saturated carbocycles. The Morgan fingerprint density at radius 3 is 3.11 bits per heavy atom. The van der Waals surface area contributed by atoms with Crippen molar-refractivity contribution in [1.82, 2.24) is 9.97 Å². The Morgan fingerprint density at radius 1 is 1.44 bits per heavy atom. The van der Waals surface area contributed by atoms with Crippen molar-refractivity contribution < 1.29 is 4.42 Å². The Bertz CT molecular complexity index is 336. The van der Waals surface area contributed by atoms with Crippen molar-refractivity contribution in [3.63, 3.8) is 0 Å². The van der Waals surface area contributed by atoms with Crippen molar-refractivity contribution in [1.29, 1.82) is 0 Å². The lowest BCUT2D eigenvalue weighted by Crippen LogP contribution is -1.93. The molecule has 2 aromatic rings. The van der Waals surface area contributed by atoms with E-state index in [1.165, 1.54) is 0 Å². The summed E-state index contributed by atoms with van der Waals surface area (Å²) in [5, 5.41) is 0. The number of hydrogen-bond acceptors (Lipinski definition) is 2. The molecule has 0 aliphatic carbocycles. The Kier molecular flexibility index (Phi) is 0.631. The minimum atomic E-state index is -0.408. The normalized spacial score (nSPS) is 10.7. The Hall–Kier alpha value is -1.45. The molecule has 2 heterocycles. The highest BCUT2D eigenvalue weighted by Gasteiger charge is 1.97. The molecule has 46 valence electrons. The highest BCUT2D eigenvalue weighted by Crippen LogP contribution is 2.04. The van der Waals surface area contributed by atoms with E-state index in [0.717, 1.165) is 0 Å². The van der Waals surface area contributed by atoms with Gasteiger partial charge >= 0.3 is 5.76 Å². The van der Waals surface area contributed by atoms with E-state index in [-0.39, 0.29) is 0 Å². The first-order valence-corrected chi connectivity index (χ1v) is 2.52. The summed E-state index contributed by atoms with van der Waals surface area (Å²) >= 11 is 0. The molecule has 2 aromatic heterocycles. The van der Waals surface area contributed by atoms with Crippen LogP contribution in [0, 0.1) is 0 Å². The van der Waals surface area contributed by atoms with Gasteiger partial charge in [-0.3, -0.25) is 4.98 Å². The molecule has 0 aliphatic rings. The second-order valence-electron chi connectivity index (χ2n) is 1.75. The Balaban J connectivity index is 3.08. The number of fused-ring (bicyclic) bond motifs is 1. The molecule has 0 aliphatic heterocycles. The van der Waals surface area contributed by atoms with Gasteiger partial charge in [-0.1, -0.05) is 0 Å². The maximum Gasteiger partial charge on any atom is 0.417 e. The molecule has 0 saturated heterocycles. The summed E-state index contributed by atoms with van der Waals surface area (Å²) in [7, 11) is 0. The topological polar surface area (TPSA) is 61.8 Å².